The number of carbonyl (C=O) groups is 1. The Morgan fingerprint density at radius 3 is 2.72 bits per heavy atom. The summed E-state index contributed by atoms with van der Waals surface area (Å²) >= 11 is 0. The van der Waals surface area contributed by atoms with Crippen LogP contribution in [0.25, 0.3) is 0 Å². The quantitative estimate of drug-likeness (QED) is 0.918. The standard InChI is InChI=1S/C18H16F3N3O/c19-18(20,21)12-3-1-2-11(8-12)13-9-15(13)24-17(25)14-6-7-22-16(23-14)10-4-5-10/h1-3,6-8,10,13,15H,4-5,9H2,(H,24,25)/t13-,15+/m1/s1. The second-order valence-electron chi connectivity index (χ2n) is 6.62. The molecule has 0 radical (unpaired) electrons. The molecule has 2 saturated carbocycles. The normalized spacial score (nSPS) is 22.5. The molecule has 2 aliphatic rings. The molecule has 1 aromatic carbocycles. The summed E-state index contributed by atoms with van der Waals surface area (Å²) < 4.78 is 38.4. The molecule has 0 spiro atoms. The fourth-order valence-corrected chi connectivity index (χ4v) is 2.95. The highest BCUT2D eigenvalue weighted by Gasteiger charge is 2.41. The van der Waals surface area contributed by atoms with Gasteiger partial charge in [0.2, 0.25) is 0 Å². The summed E-state index contributed by atoms with van der Waals surface area (Å²) in [6.07, 6.45) is -0.0547. The van der Waals surface area contributed by atoms with Gasteiger partial charge >= 0.3 is 6.18 Å². The zero-order chi connectivity index (χ0) is 17.6. The predicted molar refractivity (Wildman–Crippen MR) is 84.1 cm³/mol. The highest BCUT2D eigenvalue weighted by molar-refractivity contribution is 5.92. The van der Waals surface area contributed by atoms with Gasteiger partial charge in [-0.05, 0) is 37.0 Å². The van der Waals surface area contributed by atoms with Crippen LogP contribution in [-0.4, -0.2) is 21.9 Å². The van der Waals surface area contributed by atoms with Crippen molar-refractivity contribution < 1.29 is 18.0 Å². The summed E-state index contributed by atoms with van der Waals surface area (Å²) in [5.74, 6) is 0.657. The molecule has 2 atom stereocenters. The lowest BCUT2D eigenvalue weighted by Gasteiger charge is -2.09. The Balaban J connectivity index is 1.42. The maximum Gasteiger partial charge on any atom is 0.416 e. The predicted octanol–water partition coefficient (Wildman–Crippen LogP) is 3.66. The van der Waals surface area contributed by atoms with Crippen LogP contribution in [0, 0.1) is 0 Å². The maximum absolute atomic E-state index is 12.8. The largest absolute Gasteiger partial charge is 0.416 e. The van der Waals surface area contributed by atoms with Gasteiger partial charge in [-0.3, -0.25) is 4.79 Å². The van der Waals surface area contributed by atoms with Crippen molar-refractivity contribution in [1.29, 1.82) is 0 Å². The maximum atomic E-state index is 12.8. The van der Waals surface area contributed by atoms with Gasteiger partial charge in [0.15, 0.2) is 0 Å². The molecule has 2 fully saturated rings. The number of carbonyl (C=O) groups excluding carboxylic acids is 1. The van der Waals surface area contributed by atoms with Crippen molar-refractivity contribution in [1.82, 2.24) is 15.3 Å². The van der Waals surface area contributed by atoms with Gasteiger partial charge in [-0.15, -0.1) is 0 Å². The number of amides is 1. The van der Waals surface area contributed by atoms with Gasteiger partial charge in [0, 0.05) is 24.1 Å². The first kappa shape index (κ1) is 16.1. The second-order valence-corrected chi connectivity index (χ2v) is 6.62. The molecule has 0 unspecified atom stereocenters. The number of halogens is 3. The number of nitrogens with one attached hydrogen (secondary N) is 1. The summed E-state index contributed by atoms with van der Waals surface area (Å²) in [5, 5.41) is 2.85. The highest BCUT2D eigenvalue weighted by Crippen LogP contribution is 2.42. The van der Waals surface area contributed by atoms with E-state index in [1.54, 1.807) is 18.3 Å². The van der Waals surface area contributed by atoms with Gasteiger partial charge in [0.25, 0.3) is 5.91 Å². The third-order valence-electron chi connectivity index (χ3n) is 4.60. The molecule has 1 aromatic heterocycles. The number of benzene rings is 1. The molecule has 1 N–H and O–H groups in total. The number of alkyl halides is 3. The molecule has 7 heteroatoms. The highest BCUT2D eigenvalue weighted by atomic mass is 19.4. The minimum absolute atomic E-state index is 0.0870. The lowest BCUT2D eigenvalue weighted by Crippen LogP contribution is -2.27. The van der Waals surface area contributed by atoms with Gasteiger partial charge in [0.1, 0.15) is 11.5 Å². The Hall–Kier alpha value is -2.44. The molecule has 4 nitrogen and oxygen atoms in total. The van der Waals surface area contributed by atoms with Crippen LogP contribution in [0.2, 0.25) is 0 Å². The van der Waals surface area contributed by atoms with Gasteiger partial charge in [0.05, 0.1) is 5.56 Å². The van der Waals surface area contributed by atoms with Gasteiger partial charge in [-0.25, -0.2) is 9.97 Å². The van der Waals surface area contributed by atoms with Crippen molar-refractivity contribution in [2.24, 2.45) is 0 Å². The number of hydrogen-bond donors (Lipinski definition) is 1. The molecule has 130 valence electrons. The molecule has 1 heterocycles. The summed E-state index contributed by atoms with van der Waals surface area (Å²) in [6, 6.07) is 6.69. The van der Waals surface area contributed by atoms with Crippen LogP contribution in [0.1, 0.15) is 58.5 Å². The van der Waals surface area contributed by atoms with E-state index in [1.807, 2.05) is 0 Å². The lowest BCUT2D eigenvalue weighted by molar-refractivity contribution is -0.137. The smallest absolute Gasteiger partial charge is 0.347 e. The Labute approximate surface area is 142 Å². The van der Waals surface area contributed by atoms with E-state index in [4.69, 9.17) is 0 Å². The van der Waals surface area contributed by atoms with Crippen LogP contribution in [-0.2, 0) is 6.18 Å². The minimum atomic E-state index is -4.36. The Bertz CT molecular complexity index is 817. The molecule has 25 heavy (non-hydrogen) atoms. The van der Waals surface area contributed by atoms with Crippen molar-refractivity contribution in [3.8, 4) is 0 Å². The number of aromatic nitrogens is 2. The summed E-state index contributed by atoms with van der Waals surface area (Å²) in [4.78, 5) is 20.8. The molecule has 2 aliphatic carbocycles. The molecule has 4 rings (SSSR count). The average molecular weight is 347 g/mol. The molecule has 1 amide bonds. The van der Waals surface area contributed by atoms with E-state index in [2.05, 4.69) is 15.3 Å². The van der Waals surface area contributed by atoms with E-state index in [9.17, 15) is 18.0 Å². The SMILES string of the molecule is O=C(N[C@H]1C[C@@H]1c1cccc(C(F)(F)F)c1)c1ccnc(C2CC2)n1. The van der Waals surface area contributed by atoms with Crippen molar-refractivity contribution >= 4 is 5.91 Å². The van der Waals surface area contributed by atoms with Crippen molar-refractivity contribution in [2.45, 2.75) is 43.3 Å². The third-order valence-corrected chi connectivity index (χ3v) is 4.60. The summed E-state index contributed by atoms with van der Waals surface area (Å²) in [5.41, 5.74) is 0.250. The van der Waals surface area contributed by atoms with Crippen molar-refractivity contribution in [2.75, 3.05) is 0 Å². The average Bonchev–Trinajstić information content (AvgIpc) is 3.49. The Morgan fingerprint density at radius 2 is 2.00 bits per heavy atom. The Morgan fingerprint density at radius 1 is 1.20 bits per heavy atom. The first-order valence-electron chi connectivity index (χ1n) is 8.23. The van der Waals surface area contributed by atoms with Crippen LogP contribution in [0.4, 0.5) is 13.2 Å². The second kappa shape index (κ2) is 5.82. The van der Waals surface area contributed by atoms with Crippen LogP contribution in [0.5, 0.6) is 0 Å². The first-order chi connectivity index (χ1) is 11.9. The lowest BCUT2D eigenvalue weighted by atomic mass is 10.1. The van der Waals surface area contributed by atoms with E-state index in [1.165, 1.54) is 6.07 Å². The molecule has 0 aliphatic heterocycles. The van der Waals surface area contributed by atoms with Crippen LogP contribution < -0.4 is 5.32 Å². The molecular formula is C18H16F3N3O. The van der Waals surface area contributed by atoms with Gasteiger partial charge < -0.3 is 5.32 Å². The molecule has 0 bridgehead atoms. The third kappa shape index (κ3) is 3.50. The van der Waals surface area contributed by atoms with E-state index in [-0.39, 0.29) is 17.9 Å². The van der Waals surface area contributed by atoms with Crippen molar-refractivity contribution in [3.05, 3.63) is 59.2 Å². The zero-order valence-electron chi connectivity index (χ0n) is 13.3. The zero-order valence-corrected chi connectivity index (χ0v) is 13.3. The first-order valence-corrected chi connectivity index (χ1v) is 8.23. The summed E-state index contributed by atoms with van der Waals surface area (Å²) in [7, 11) is 0. The van der Waals surface area contributed by atoms with E-state index >= 15 is 0 Å². The van der Waals surface area contributed by atoms with Crippen LogP contribution in [0.3, 0.4) is 0 Å². The monoisotopic (exact) mass is 347 g/mol. The number of hydrogen-bond acceptors (Lipinski definition) is 3. The van der Waals surface area contributed by atoms with Crippen molar-refractivity contribution in [3.63, 3.8) is 0 Å². The van der Waals surface area contributed by atoms with E-state index in [0.717, 1.165) is 25.0 Å². The van der Waals surface area contributed by atoms with Crippen LogP contribution in [0.15, 0.2) is 36.5 Å². The molecular weight excluding hydrogens is 331 g/mol. The molecule has 2 aromatic rings. The van der Waals surface area contributed by atoms with Gasteiger partial charge in [-0.2, -0.15) is 13.2 Å². The number of nitrogens with zero attached hydrogens (tertiary/aromatic N) is 2. The fraction of sp³-hybridized carbons (Fsp3) is 0.389. The minimum Gasteiger partial charge on any atom is -0.347 e. The topological polar surface area (TPSA) is 54.9 Å². The van der Waals surface area contributed by atoms with E-state index < -0.39 is 11.7 Å². The molecule has 0 saturated heterocycles. The fourth-order valence-electron chi connectivity index (χ4n) is 2.95. The summed E-state index contributed by atoms with van der Waals surface area (Å²) in [6.45, 7) is 0. The van der Waals surface area contributed by atoms with E-state index in [0.29, 0.717) is 29.4 Å². The van der Waals surface area contributed by atoms with Crippen LogP contribution >= 0.6 is 0 Å². The Kier molecular flexibility index (Phi) is 3.74. The number of rotatable bonds is 4. The van der Waals surface area contributed by atoms with Gasteiger partial charge in [-0.1, -0.05) is 18.2 Å².